The van der Waals surface area contributed by atoms with Crippen molar-refractivity contribution >= 4 is 23.4 Å². The lowest BCUT2D eigenvalue weighted by Gasteiger charge is -2.72. The van der Waals surface area contributed by atoms with E-state index in [1.54, 1.807) is 0 Å². The molecule has 7 nitrogen and oxygen atoms in total. The first-order chi connectivity index (χ1) is 25.0. The van der Waals surface area contributed by atoms with E-state index < -0.39 is 0 Å². The molecule has 5 aliphatic rings. The SMILES string of the molecule is C=C(C)[C@@H]1CC[C@]2(C(=O)NCCN(CCC)CC(=O)OC)CC[C@]3(C)[C@H](CC[C@@H]4[C@@]5(C)CC=C(c6ccc(C(=O)OC)cc6)C(C)(C)[C@@H]5CC[C@]43C)[C@@H]12. The Morgan fingerprint density at radius 3 is 2.23 bits per heavy atom. The van der Waals surface area contributed by atoms with Crippen LogP contribution in [-0.2, 0) is 19.1 Å². The van der Waals surface area contributed by atoms with Crippen molar-refractivity contribution in [2.45, 2.75) is 113 Å². The molecule has 5 aliphatic carbocycles. The number of fused-ring (bicyclic) bond motifs is 7. The summed E-state index contributed by atoms with van der Waals surface area (Å²) in [7, 11) is 2.87. The molecule has 1 N–H and O–H groups in total. The summed E-state index contributed by atoms with van der Waals surface area (Å²) in [6.07, 6.45) is 13.4. The van der Waals surface area contributed by atoms with Crippen molar-refractivity contribution in [1.29, 1.82) is 0 Å². The second-order valence-electron chi connectivity index (χ2n) is 19.1. The molecule has 1 aromatic carbocycles. The van der Waals surface area contributed by atoms with Gasteiger partial charge in [-0.1, -0.05) is 71.9 Å². The van der Waals surface area contributed by atoms with Gasteiger partial charge in [-0.3, -0.25) is 14.5 Å². The quantitative estimate of drug-likeness (QED) is 0.181. The highest BCUT2D eigenvalue weighted by Crippen LogP contribution is 2.77. The molecule has 9 atom stereocenters. The summed E-state index contributed by atoms with van der Waals surface area (Å²) in [6.45, 7) is 23.9. The van der Waals surface area contributed by atoms with Crippen molar-refractivity contribution in [2.75, 3.05) is 40.4 Å². The minimum Gasteiger partial charge on any atom is -0.468 e. The number of esters is 2. The predicted molar refractivity (Wildman–Crippen MR) is 212 cm³/mol. The van der Waals surface area contributed by atoms with Crippen molar-refractivity contribution in [3.63, 3.8) is 0 Å². The van der Waals surface area contributed by atoms with Gasteiger partial charge in [-0.25, -0.2) is 4.79 Å². The van der Waals surface area contributed by atoms with E-state index >= 15 is 0 Å². The summed E-state index contributed by atoms with van der Waals surface area (Å²) in [5.74, 6) is 2.04. The number of carbonyl (C=O) groups is 3. The Balaban J connectivity index is 1.26. The zero-order chi connectivity index (χ0) is 38.6. The molecule has 7 heteroatoms. The standard InChI is InChI=1S/C46H68N2O5/c1-11-27-48(29-38(49)52-9)28-26-47-41(51)46-23-18-33(30(2)3)39(46)35-16-17-37-43(6)21-19-34(31-12-14-32(15-13-31)40(50)53-10)42(4,5)36(43)20-22-45(37,8)44(35,7)24-25-46/h12-15,19,33,35-37,39H,2,11,16-18,20-29H2,1,3-10H3,(H,47,51)/t33-,35+,36-,37+,39+,43-,44+,45+,46-/m0/s1. The fourth-order valence-corrected chi connectivity index (χ4v) is 13.9. The third-order valence-corrected chi connectivity index (χ3v) is 16.5. The van der Waals surface area contributed by atoms with E-state index in [2.05, 4.69) is 83.5 Å². The summed E-state index contributed by atoms with van der Waals surface area (Å²) >= 11 is 0. The summed E-state index contributed by atoms with van der Waals surface area (Å²) in [5, 5.41) is 3.42. The van der Waals surface area contributed by atoms with Gasteiger partial charge in [-0.05, 0) is 152 Å². The van der Waals surface area contributed by atoms with Gasteiger partial charge >= 0.3 is 11.9 Å². The third-order valence-electron chi connectivity index (χ3n) is 16.5. The van der Waals surface area contributed by atoms with E-state index in [4.69, 9.17) is 9.47 Å². The van der Waals surface area contributed by atoms with Gasteiger partial charge in [0.15, 0.2) is 0 Å². The molecule has 53 heavy (non-hydrogen) atoms. The topological polar surface area (TPSA) is 84.9 Å². The average Bonchev–Trinajstić information content (AvgIpc) is 3.53. The van der Waals surface area contributed by atoms with E-state index in [1.165, 1.54) is 56.6 Å². The Labute approximate surface area is 320 Å². The Morgan fingerprint density at radius 1 is 0.868 bits per heavy atom. The van der Waals surface area contributed by atoms with Crippen LogP contribution in [0.5, 0.6) is 0 Å². The number of hydrogen-bond acceptors (Lipinski definition) is 6. The fourth-order valence-electron chi connectivity index (χ4n) is 13.9. The van der Waals surface area contributed by atoms with Crippen LogP contribution in [0.2, 0.25) is 0 Å². The molecule has 1 aromatic rings. The number of rotatable bonds is 11. The predicted octanol–water partition coefficient (Wildman–Crippen LogP) is 9.13. The van der Waals surface area contributed by atoms with E-state index in [9.17, 15) is 14.4 Å². The molecule has 1 amide bonds. The molecule has 0 spiro atoms. The molecule has 4 saturated carbocycles. The van der Waals surface area contributed by atoms with Gasteiger partial charge in [-0.2, -0.15) is 0 Å². The van der Waals surface area contributed by atoms with Gasteiger partial charge in [0.25, 0.3) is 0 Å². The zero-order valence-corrected chi connectivity index (χ0v) is 34.4. The second-order valence-corrected chi connectivity index (χ2v) is 19.1. The summed E-state index contributed by atoms with van der Waals surface area (Å²) in [4.78, 5) is 40.9. The maximum atomic E-state index is 14.6. The van der Waals surface area contributed by atoms with Crippen LogP contribution in [0.4, 0.5) is 0 Å². The molecule has 4 fully saturated rings. The van der Waals surface area contributed by atoms with Crippen molar-refractivity contribution < 1.29 is 23.9 Å². The molecule has 0 unspecified atom stereocenters. The second kappa shape index (κ2) is 14.6. The van der Waals surface area contributed by atoms with E-state index in [-0.39, 0.29) is 51.5 Å². The van der Waals surface area contributed by atoms with E-state index in [1.807, 2.05) is 12.1 Å². The minimum absolute atomic E-state index is 0.00126. The first-order valence-corrected chi connectivity index (χ1v) is 20.7. The first kappa shape index (κ1) is 39.8. The summed E-state index contributed by atoms with van der Waals surface area (Å²) in [5.41, 5.74) is 4.61. The number of ether oxygens (including phenoxy) is 2. The molecule has 0 aliphatic heterocycles. The van der Waals surface area contributed by atoms with Crippen LogP contribution in [0, 0.1) is 56.7 Å². The maximum absolute atomic E-state index is 14.6. The number of methoxy groups -OCH3 is 2. The number of benzene rings is 1. The van der Waals surface area contributed by atoms with Gasteiger partial charge in [0.2, 0.25) is 5.91 Å². The average molecular weight is 729 g/mol. The fraction of sp³-hybridized carbons (Fsp3) is 0.717. The van der Waals surface area contributed by atoms with Crippen LogP contribution in [0.15, 0.2) is 42.5 Å². The Hall–Kier alpha value is -2.93. The number of nitrogens with zero attached hydrogens (tertiary/aromatic N) is 1. The lowest BCUT2D eigenvalue weighted by Crippen LogP contribution is -2.66. The molecular weight excluding hydrogens is 661 g/mol. The van der Waals surface area contributed by atoms with E-state index in [0.717, 1.165) is 45.1 Å². The highest BCUT2D eigenvalue weighted by molar-refractivity contribution is 5.90. The summed E-state index contributed by atoms with van der Waals surface area (Å²) in [6, 6.07) is 8.02. The lowest BCUT2D eigenvalue weighted by atomic mass is 9.32. The lowest BCUT2D eigenvalue weighted by molar-refractivity contribution is -0.225. The van der Waals surface area contributed by atoms with Crippen LogP contribution in [-0.4, -0.2) is 63.1 Å². The molecule has 0 radical (unpaired) electrons. The Kier molecular flexibility index (Phi) is 11.0. The van der Waals surface area contributed by atoms with Crippen LogP contribution in [0.3, 0.4) is 0 Å². The van der Waals surface area contributed by atoms with Crippen molar-refractivity contribution in [2.24, 2.45) is 56.7 Å². The van der Waals surface area contributed by atoms with Gasteiger partial charge in [0.1, 0.15) is 0 Å². The van der Waals surface area contributed by atoms with Crippen LogP contribution in [0.1, 0.15) is 129 Å². The van der Waals surface area contributed by atoms with Crippen molar-refractivity contribution in [1.82, 2.24) is 10.2 Å². The highest BCUT2D eigenvalue weighted by Gasteiger charge is 2.71. The normalized spacial score (nSPS) is 36.9. The highest BCUT2D eigenvalue weighted by atomic mass is 16.5. The number of nitrogens with one attached hydrogen (secondary N) is 1. The number of allylic oxidation sites excluding steroid dienone is 3. The maximum Gasteiger partial charge on any atom is 0.337 e. The third kappa shape index (κ3) is 6.33. The van der Waals surface area contributed by atoms with Gasteiger partial charge in [-0.15, -0.1) is 0 Å². The van der Waals surface area contributed by atoms with Gasteiger partial charge in [0.05, 0.1) is 31.7 Å². The van der Waals surface area contributed by atoms with Crippen LogP contribution >= 0.6 is 0 Å². The molecule has 6 rings (SSSR count). The molecule has 0 saturated heterocycles. The van der Waals surface area contributed by atoms with Gasteiger partial charge in [0, 0.05) is 13.1 Å². The van der Waals surface area contributed by atoms with Crippen molar-refractivity contribution in [3.05, 3.63) is 53.6 Å². The minimum atomic E-state index is -0.357. The van der Waals surface area contributed by atoms with Gasteiger partial charge < -0.3 is 14.8 Å². The molecular formula is C46H68N2O5. The van der Waals surface area contributed by atoms with Crippen LogP contribution < -0.4 is 5.32 Å². The largest absolute Gasteiger partial charge is 0.468 e. The smallest absolute Gasteiger partial charge is 0.337 e. The zero-order valence-electron chi connectivity index (χ0n) is 34.4. The van der Waals surface area contributed by atoms with Crippen LogP contribution in [0.25, 0.3) is 5.57 Å². The monoisotopic (exact) mass is 729 g/mol. The van der Waals surface area contributed by atoms with E-state index in [0.29, 0.717) is 48.2 Å². The number of hydrogen-bond donors (Lipinski definition) is 1. The Morgan fingerprint density at radius 2 is 1.58 bits per heavy atom. The summed E-state index contributed by atoms with van der Waals surface area (Å²) < 4.78 is 9.90. The van der Waals surface area contributed by atoms with Crippen molar-refractivity contribution in [3.8, 4) is 0 Å². The first-order valence-electron chi connectivity index (χ1n) is 20.7. The molecule has 0 bridgehead atoms. The molecule has 292 valence electrons. The number of carbonyl (C=O) groups excluding carboxylic acids is 3. The molecule has 0 aromatic heterocycles. The Bertz CT molecular complexity index is 1610. The number of amides is 1. The molecule has 0 heterocycles.